The van der Waals surface area contributed by atoms with Gasteiger partial charge in [0.25, 0.3) is 10.0 Å². The highest BCUT2D eigenvalue weighted by Crippen LogP contribution is 2.42. The molecule has 1 radical (unpaired) electrons. The third kappa shape index (κ3) is 8.42. The van der Waals surface area contributed by atoms with E-state index in [1.54, 1.807) is 0 Å². The molecule has 0 spiro atoms. The monoisotopic (exact) mass is 614 g/mol. The zero-order valence-electron chi connectivity index (χ0n) is 26.4. The van der Waals surface area contributed by atoms with E-state index in [-0.39, 0.29) is 7.34 Å². The Morgan fingerprint density at radius 1 is 1.00 bits per heavy atom. The first-order valence-corrected chi connectivity index (χ1v) is 17.0. The number of ether oxygens (including phenoxy) is 1. The highest BCUT2D eigenvalue weighted by Gasteiger charge is 2.33. The van der Waals surface area contributed by atoms with E-state index in [1.165, 1.54) is 22.7 Å². The summed E-state index contributed by atoms with van der Waals surface area (Å²) in [5.41, 5.74) is 5.55. The standard InChI is InChI=1S/C27H33N3O3S.C10H13.H2/c1-4-22(18-28-3)23-14-13-20(2)26(17-23)34(31,32)30-16-15-29-24-11-8-12-25(27(24)30)33-19-21-9-6-5-7-10-21;1-2-7-10-8-5-3-4-6-9-10;/h5-14,17,22,28-29H,4,15-16,18-19H2,1-3H3;3-6,8-9H,2,7H2,1H3;1H. The number of hydrogen-bond donors (Lipinski definition) is 2. The number of likely N-dealkylation sites (N-methyl/N-ethyl adjacent to an activating group) is 1. The van der Waals surface area contributed by atoms with Crippen LogP contribution in [0.2, 0.25) is 0 Å². The minimum atomic E-state index is -3.80. The fourth-order valence-corrected chi connectivity index (χ4v) is 7.19. The molecule has 1 unspecified atom stereocenters. The van der Waals surface area contributed by atoms with Crippen molar-refractivity contribution in [3.8, 4) is 5.75 Å². The Bertz CT molecular complexity index is 1570. The number of fused-ring (bicyclic) bond motifs is 1. The van der Waals surface area contributed by atoms with Gasteiger partial charge in [-0.1, -0.05) is 105 Å². The molecule has 6 nitrogen and oxygen atoms in total. The summed E-state index contributed by atoms with van der Waals surface area (Å²) in [6.45, 7) is 8.21. The van der Waals surface area contributed by atoms with E-state index in [1.807, 2.05) is 80.7 Å². The molecule has 0 amide bonds. The molecule has 5 rings (SSSR count). The second-order valence-corrected chi connectivity index (χ2v) is 12.9. The lowest BCUT2D eigenvalue weighted by Crippen LogP contribution is -2.39. The van der Waals surface area contributed by atoms with Gasteiger partial charge in [-0.15, -0.1) is 0 Å². The van der Waals surface area contributed by atoms with Gasteiger partial charge in [-0.25, -0.2) is 8.42 Å². The van der Waals surface area contributed by atoms with Crippen molar-refractivity contribution in [2.24, 2.45) is 0 Å². The van der Waals surface area contributed by atoms with Crippen molar-refractivity contribution in [2.75, 3.05) is 36.3 Å². The molecule has 1 atom stereocenters. The van der Waals surface area contributed by atoms with Crippen LogP contribution in [0.3, 0.4) is 0 Å². The molecule has 235 valence electrons. The molecule has 1 aliphatic heterocycles. The van der Waals surface area contributed by atoms with Crippen LogP contribution in [0.25, 0.3) is 0 Å². The number of anilines is 2. The van der Waals surface area contributed by atoms with Crippen molar-refractivity contribution >= 4 is 21.4 Å². The fourth-order valence-electron chi connectivity index (χ4n) is 5.43. The molecular formula is C37H48N3O3S. The number of aryl methyl sites for hydroxylation is 1. The van der Waals surface area contributed by atoms with Gasteiger partial charge in [0, 0.05) is 20.9 Å². The molecule has 0 aromatic heterocycles. The molecule has 1 heterocycles. The first kappa shape index (κ1) is 33.1. The minimum Gasteiger partial charge on any atom is -0.487 e. The van der Waals surface area contributed by atoms with Gasteiger partial charge in [0.05, 0.1) is 17.1 Å². The number of hydrogen-bond acceptors (Lipinski definition) is 5. The number of sulfonamides is 1. The van der Waals surface area contributed by atoms with Gasteiger partial charge in [0.1, 0.15) is 18.0 Å². The SMILES string of the molecule is CCC(CNC)c1ccc(C)c(S(=O)(=O)N2CCNc3cccc(OCc4ccccc4)c32)c1.CCCC1=CC=CC=C[CH]1.[HH]. The lowest BCUT2D eigenvalue weighted by Gasteiger charge is -2.33. The molecule has 0 bridgehead atoms. The molecule has 1 aliphatic carbocycles. The van der Waals surface area contributed by atoms with Gasteiger partial charge in [0.2, 0.25) is 0 Å². The predicted molar refractivity (Wildman–Crippen MR) is 186 cm³/mol. The van der Waals surface area contributed by atoms with Crippen LogP contribution < -0.4 is 19.7 Å². The molecule has 2 N–H and O–H groups in total. The maximum Gasteiger partial charge on any atom is 0.264 e. The van der Waals surface area contributed by atoms with E-state index < -0.39 is 10.0 Å². The zero-order valence-corrected chi connectivity index (χ0v) is 27.2. The van der Waals surface area contributed by atoms with Crippen molar-refractivity contribution in [2.45, 2.75) is 57.5 Å². The number of rotatable bonds is 11. The molecule has 44 heavy (non-hydrogen) atoms. The van der Waals surface area contributed by atoms with E-state index in [0.717, 1.165) is 35.3 Å². The Balaban J connectivity index is 0.000000429. The number of para-hydroxylation sites is 1. The van der Waals surface area contributed by atoms with Crippen molar-refractivity contribution in [3.63, 3.8) is 0 Å². The van der Waals surface area contributed by atoms with Crippen LogP contribution in [0.1, 0.15) is 57.1 Å². The van der Waals surface area contributed by atoms with Crippen molar-refractivity contribution in [3.05, 3.63) is 126 Å². The maximum absolute atomic E-state index is 14.0. The van der Waals surface area contributed by atoms with E-state index in [9.17, 15) is 8.42 Å². The summed E-state index contributed by atoms with van der Waals surface area (Å²) in [5, 5.41) is 6.55. The topological polar surface area (TPSA) is 70.7 Å². The summed E-state index contributed by atoms with van der Waals surface area (Å²) in [7, 11) is -1.88. The third-order valence-electron chi connectivity index (χ3n) is 7.80. The second kappa shape index (κ2) is 16.3. The van der Waals surface area contributed by atoms with Crippen LogP contribution in [0.15, 0.2) is 108 Å². The molecule has 3 aromatic rings. The number of nitrogens with zero attached hydrogens (tertiary/aromatic N) is 1. The largest absolute Gasteiger partial charge is 0.487 e. The maximum atomic E-state index is 14.0. The third-order valence-corrected chi connectivity index (χ3v) is 9.74. The van der Waals surface area contributed by atoms with Crippen molar-refractivity contribution in [1.82, 2.24) is 5.32 Å². The average Bonchev–Trinajstić information content (AvgIpc) is 3.32. The lowest BCUT2D eigenvalue weighted by atomic mass is 9.95. The van der Waals surface area contributed by atoms with Gasteiger partial charge in [-0.2, -0.15) is 0 Å². The molecule has 0 saturated heterocycles. The summed E-state index contributed by atoms with van der Waals surface area (Å²) in [6.07, 6.45) is 16.0. The second-order valence-electron chi connectivity index (χ2n) is 11.0. The Morgan fingerprint density at radius 2 is 1.80 bits per heavy atom. The Morgan fingerprint density at radius 3 is 2.55 bits per heavy atom. The summed E-state index contributed by atoms with van der Waals surface area (Å²) < 4.78 is 35.7. The summed E-state index contributed by atoms with van der Waals surface area (Å²) >= 11 is 0. The van der Waals surface area contributed by atoms with Gasteiger partial charge in [0.15, 0.2) is 0 Å². The van der Waals surface area contributed by atoms with Crippen LogP contribution in [-0.2, 0) is 16.6 Å². The zero-order chi connectivity index (χ0) is 31.4. The van der Waals surface area contributed by atoms with Gasteiger partial charge < -0.3 is 15.4 Å². The average molecular weight is 615 g/mol. The first-order valence-electron chi connectivity index (χ1n) is 15.6. The van der Waals surface area contributed by atoms with E-state index in [4.69, 9.17) is 4.74 Å². The first-order chi connectivity index (χ1) is 21.4. The van der Waals surface area contributed by atoms with E-state index in [2.05, 4.69) is 61.3 Å². The molecule has 2 aliphatic rings. The van der Waals surface area contributed by atoms with Crippen LogP contribution in [0, 0.1) is 13.3 Å². The van der Waals surface area contributed by atoms with Crippen molar-refractivity contribution < 1.29 is 14.6 Å². The van der Waals surface area contributed by atoms with Gasteiger partial charge >= 0.3 is 0 Å². The van der Waals surface area contributed by atoms with Crippen LogP contribution in [-0.4, -0.2) is 35.1 Å². The van der Waals surface area contributed by atoms with Gasteiger partial charge in [-0.3, -0.25) is 4.31 Å². The number of nitrogens with one attached hydrogen (secondary N) is 2. The summed E-state index contributed by atoms with van der Waals surface area (Å²) in [6, 6.07) is 21.3. The summed E-state index contributed by atoms with van der Waals surface area (Å²) in [5.74, 6) is 0.798. The van der Waals surface area contributed by atoms with Crippen LogP contribution >= 0.6 is 0 Å². The van der Waals surface area contributed by atoms with Gasteiger partial charge in [-0.05, 0) is 67.6 Å². The van der Waals surface area contributed by atoms with E-state index in [0.29, 0.717) is 36.0 Å². The minimum absolute atomic E-state index is 0. The summed E-state index contributed by atoms with van der Waals surface area (Å²) in [4.78, 5) is 0.352. The molecule has 0 saturated carbocycles. The Kier molecular flexibility index (Phi) is 12.3. The highest BCUT2D eigenvalue weighted by molar-refractivity contribution is 7.93. The number of benzene rings is 3. The number of allylic oxidation sites excluding steroid dienone is 6. The molecule has 0 fully saturated rings. The Labute approximate surface area is 266 Å². The van der Waals surface area contributed by atoms with Crippen molar-refractivity contribution in [1.29, 1.82) is 0 Å². The van der Waals surface area contributed by atoms with Crippen LogP contribution in [0.5, 0.6) is 5.75 Å². The van der Waals surface area contributed by atoms with Crippen LogP contribution in [0.4, 0.5) is 11.4 Å². The Hall–Kier alpha value is -3.81. The fraction of sp³-hybridized carbons (Fsp3) is 0.324. The molecule has 3 aromatic carbocycles. The normalized spacial score (nSPS) is 14.8. The molecular weight excluding hydrogens is 566 g/mol. The highest BCUT2D eigenvalue weighted by atomic mass is 32.2. The predicted octanol–water partition coefficient (Wildman–Crippen LogP) is 8.20. The lowest BCUT2D eigenvalue weighted by molar-refractivity contribution is 0.307. The quantitative estimate of drug-likeness (QED) is 0.228. The van der Waals surface area contributed by atoms with E-state index >= 15 is 0 Å². The smallest absolute Gasteiger partial charge is 0.264 e. The molecule has 7 heteroatoms.